The van der Waals surface area contributed by atoms with Crippen molar-refractivity contribution in [2.45, 2.75) is 50.7 Å². The van der Waals surface area contributed by atoms with E-state index in [1.807, 2.05) is 12.1 Å². The molecule has 2 bridgehead atoms. The number of amides is 2. The normalized spacial score (nSPS) is 25.2. The molecule has 0 unspecified atom stereocenters. The molecule has 0 saturated heterocycles. The Bertz CT molecular complexity index is 1270. The first-order chi connectivity index (χ1) is 18.2. The summed E-state index contributed by atoms with van der Waals surface area (Å²) in [4.78, 5) is 35.2. The number of benzene rings is 1. The fourth-order valence-electron chi connectivity index (χ4n) is 5.73. The van der Waals surface area contributed by atoms with Gasteiger partial charge in [0.25, 0.3) is 0 Å². The summed E-state index contributed by atoms with van der Waals surface area (Å²) in [5.74, 6) is 1.13. The van der Waals surface area contributed by atoms with Crippen molar-refractivity contribution in [2.75, 3.05) is 35.8 Å². The maximum Gasteiger partial charge on any atom is 0.404 e. The summed E-state index contributed by atoms with van der Waals surface area (Å²) in [6, 6.07) is 5.78. The average molecular weight is 541 g/mol. The number of fused-ring (bicyclic) bond motifs is 3. The number of primary amides is 1. The van der Waals surface area contributed by atoms with Gasteiger partial charge in [-0.15, -0.1) is 0 Å². The minimum atomic E-state index is -0.802. The number of carbonyl (C=O) groups is 2. The number of ether oxygens (including phenoxy) is 2. The zero-order valence-electron chi connectivity index (χ0n) is 21.7. The lowest BCUT2D eigenvalue weighted by Crippen LogP contribution is -2.41. The molecule has 2 amide bonds. The molecule has 38 heavy (non-hydrogen) atoms. The number of halogens is 1. The number of nitrogens with zero attached hydrogens (tertiary/aromatic N) is 3. The molecule has 1 aromatic carbocycles. The van der Waals surface area contributed by atoms with Crippen LogP contribution in [-0.2, 0) is 19.7 Å². The van der Waals surface area contributed by atoms with Crippen LogP contribution >= 0.6 is 11.6 Å². The summed E-state index contributed by atoms with van der Waals surface area (Å²) < 4.78 is 10.7. The third-order valence-corrected chi connectivity index (χ3v) is 8.02. The zero-order chi connectivity index (χ0) is 27.0. The Kier molecular flexibility index (Phi) is 7.19. The number of methoxy groups -OCH3 is 1. The molecule has 0 spiro atoms. The van der Waals surface area contributed by atoms with Gasteiger partial charge in [0.1, 0.15) is 11.1 Å². The van der Waals surface area contributed by atoms with Crippen molar-refractivity contribution in [1.29, 1.82) is 0 Å². The average Bonchev–Trinajstić information content (AvgIpc) is 3.45. The van der Waals surface area contributed by atoms with E-state index >= 15 is 0 Å². The molecule has 1 aromatic heterocycles. The Balaban J connectivity index is 1.40. The van der Waals surface area contributed by atoms with Crippen LogP contribution in [0.1, 0.15) is 38.7 Å². The second kappa shape index (κ2) is 10.4. The van der Waals surface area contributed by atoms with Gasteiger partial charge in [0.2, 0.25) is 11.9 Å². The largest absolute Gasteiger partial charge is 0.444 e. The Morgan fingerprint density at radius 3 is 2.84 bits per heavy atom. The number of nitrogens with one attached hydrogen (secondary N) is 2. The monoisotopic (exact) mass is 540 g/mol. The minimum absolute atomic E-state index is 0.0768. The summed E-state index contributed by atoms with van der Waals surface area (Å²) in [5.41, 5.74) is 7.86. The summed E-state index contributed by atoms with van der Waals surface area (Å²) in [6.07, 6.45) is 6.61. The maximum atomic E-state index is 13.0. The van der Waals surface area contributed by atoms with Crippen molar-refractivity contribution < 1.29 is 19.1 Å². The van der Waals surface area contributed by atoms with Gasteiger partial charge in [0.15, 0.2) is 5.82 Å². The van der Waals surface area contributed by atoms with Gasteiger partial charge in [0, 0.05) is 43.3 Å². The lowest BCUT2D eigenvalue weighted by atomic mass is 9.80. The van der Waals surface area contributed by atoms with Crippen LogP contribution in [0.25, 0.3) is 0 Å². The van der Waals surface area contributed by atoms with Gasteiger partial charge in [-0.2, -0.15) is 4.98 Å². The van der Waals surface area contributed by atoms with Gasteiger partial charge in [-0.25, -0.2) is 9.78 Å². The molecule has 0 radical (unpaired) electrons. The lowest BCUT2D eigenvalue weighted by molar-refractivity contribution is -0.118. The smallest absolute Gasteiger partial charge is 0.404 e. The van der Waals surface area contributed by atoms with E-state index in [0.717, 1.165) is 29.8 Å². The van der Waals surface area contributed by atoms with Gasteiger partial charge in [-0.05, 0) is 36.0 Å². The van der Waals surface area contributed by atoms with Crippen LogP contribution in [0.4, 0.5) is 27.9 Å². The van der Waals surface area contributed by atoms with Crippen LogP contribution in [0, 0.1) is 11.8 Å². The van der Waals surface area contributed by atoms with E-state index in [2.05, 4.69) is 52.7 Å². The van der Waals surface area contributed by atoms with E-state index in [9.17, 15) is 9.59 Å². The molecule has 1 saturated carbocycles. The van der Waals surface area contributed by atoms with E-state index in [1.165, 1.54) is 6.20 Å². The summed E-state index contributed by atoms with van der Waals surface area (Å²) in [7, 11) is 1.63. The van der Waals surface area contributed by atoms with E-state index in [-0.39, 0.29) is 29.2 Å². The highest BCUT2D eigenvalue weighted by Crippen LogP contribution is 2.43. The topological polar surface area (TPSA) is 132 Å². The molecule has 2 heterocycles. The fourth-order valence-corrected chi connectivity index (χ4v) is 5.88. The second-order valence-electron chi connectivity index (χ2n) is 10.7. The van der Waals surface area contributed by atoms with E-state index in [0.29, 0.717) is 36.4 Å². The highest BCUT2D eigenvalue weighted by atomic mass is 35.5. The molecule has 10 nitrogen and oxygen atoms in total. The molecule has 202 valence electrons. The summed E-state index contributed by atoms with van der Waals surface area (Å²) >= 11 is 6.44. The zero-order valence-corrected chi connectivity index (χ0v) is 22.5. The minimum Gasteiger partial charge on any atom is -0.444 e. The first-order valence-corrected chi connectivity index (χ1v) is 13.2. The van der Waals surface area contributed by atoms with Gasteiger partial charge >= 0.3 is 6.09 Å². The molecule has 3 aliphatic rings. The standard InChI is InChI=1S/C27H33ClN6O4/c1-27(2)9-8-21(35)34(10-11-37-3)20-13-17(6-7-18(20)27)31-26-30-14-19(28)24(33-26)32-22-15-4-5-16(12-15)23(22)38-25(29)36/h4-7,13-16,22-23H,8-12H2,1-3H3,(H2,29,36)(H2,30,31,32,33)/t15-,16+,22+,23-/m0/s1. The molecule has 2 aliphatic carbocycles. The molecular weight excluding hydrogens is 508 g/mol. The number of hydrogen-bond donors (Lipinski definition) is 3. The molecular formula is C27H33ClN6O4. The number of rotatable bonds is 8. The Morgan fingerprint density at radius 1 is 1.29 bits per heavy atom. The van der Waals surface area contributed by atoms with Crippen LogP contribution in [0.15, 0.2) is 36.5 Å². The molecule has 4 atom stereocenters. The summed E-state index contributed by atoms with van der Waals surface area (Å²) in [6.45, 7) is 5.23. The van der Waals surface area contributed by atoms with Crippen molar-refractivity contribution in [2.24, 2.45) is 17.6 Å². The van der Waals surface area contributed by atoms with Crippen molar-refractivity contribution in [1.82, 2.24) is 9.97 Å². The molecule has 5 rings (SSSR count). The molecule has 1 fully saturated rings. The SMILES string of the molecule is COCCN1C(=O)CCC(C)(C)c2ccc(Nc3ncc(Cl)c(N[C@H]4[C@@H](OC(N)=O)[C@@H]5C=C[C@H]4C5)n3)cc21. The molecule has 2 aromatic rings. The summed E-state index contributed by atoms with van der Waals surface area (Å²) in [5, 5.41) is 6.95. The van der Waals surface area contributed by atoms with Crippen molar-refractivity contribution in [3.63, 3.8) is 0 Å². The van der Waals surface area contributed by atoms with Gasteiger partial charge in [0.05, 0.1) is 18.8 Å². The molecule has 4 N–H and O–H groups in total. The van der Waals surface area contributed by atoms with Crippen LogP contribution in [-0.4, -0.2) is 54.4 Å². The Labute approximate surface area is 226 Å². The quantitative estimate of drug-likeness (QED) is 0.420. The van der Waals surface area contributed by atoms with Gasteiger partial charge in [-0.1, -0.05) is 43.7 Å². The molecule has 1 aliphatic heterocycles. The van der Waals surface area contributed by atoms with Crippen LogP contribution in [0.3, 0.4) is 0 Å². The van der Waals surface area contributed by atoms with E-state index in [1.54, 1.807) is 12.0 Å². The van der Waals surface area contributed by atoms with Crippen LogP contribution < -0.4 is 21.3 Å². The van der Waals surface area contributed by atoms with E-state index < -0.39 is 12.2 Å². The fraction of sp³-hybridized carbons (Fsp3) is 0.481. The highest BCUT2D eigenvalue weighted by Gasteiger charge is 2.47. The van der Waals surface area contributed by atoms with Crippen LogP contribution in [0.2, 0.25) is 5.02 Å². The van der Waals surface area contributed by atoms with Crippen LogP contribution in [0.5, 0.6) is 0 Å². The number of nitrogens with two attached hydrogens (primary N) is 1. The number of anilines is 4. The Morgan fingerprint density at radius 2 is 2.08 bits per heavy atom. The highest BCUT2D eigenvalue weighted by molar-refractivity contribution is 6.32. The lowest BCUT2D eigenvalue weighted by Gasteiger charge is -2.29. The number of hydrogen-bond acceptors (Lipinski definition) is 8. The third-order valence-electron chi connectivity index (χ3n) is 7.74. The van der Waals surface area contributed by atoms with Crippen molar-refractivity contribution in [3.05, 3.63) is 47.1 Å². The van der Waals surface area contributed by atoms with E-state index in [4.69, 9.17) is 26.8 Å². The molecule has 11 heteroatoms. The number of aromatic nitrogens is 2. The van der Waals surface area contributed by atoms with Gasteiger partial charge in [-0.3, -0.25) is 4.79 Å². The predicted octanol–water partition coefficient (Wildman–Crippen LogP) is 4.37. The second-order valence-corrected chi connectivity index (χ2v) is 11.1. The first-order valence-electron chi connectivity index (χ1n) is 12.8. The third kappa shape index (κ3) is 5.15. The predicted molar refractivity (Wildman–Crippen MR) is 146 cm³/mol. The van der Waals surface area contributed by atoms with Crippen molar-refractivity contribution in [3.8, 4) is 0 Å². The maximum absolute atomic E-state index is 13.0. The van der Waals surface area contributed by atoms with Gasteiger partial charge < -0.3 is 30.7 Å². The Hall–Kier alpha value is -3.37. The first kappa shape index (κ1) is 26.2. The van der Waals surface area contributed by atoms with Crippen molar-refractivity contribution >= 4 is 46.7 Å². The number of carbonyl (C=O) groups excluding carboxylic acids is 2.